The van der Waals surface area contributed by atoms with Crippen molar-refractivity contribution in [2.45, 2.75) is 20.3 Å². The Labute approximate surface area is 147 Å². The van der Waals surface area contributed by atoms with Crippen LogP contribution >= 0.6 is 0 Å². The second kappa shape index (κ2) is 8.94. The number of rotatable bonds is 7. The minimum absolute atomic E-state index is 0.197. The second-order valence-corrected chi connectivity index (χ2v) is 5.79. The average molecular weight is 341 g/mol. The van der Waals surface area contributed by atoms with Crippen molar-refractivity contribution in [3.8, 4) is 0 Å². The van der Waals surface area contributed by atoms with Crippen LogP contribution in [0.15, 0.2) is 36.5 Å². The largest absolute Gasteiger partial charge is 0.385 e. The molecule has 0 spiro atoms. The van der Waals surface area contributed by atoms with E-state index in [9.17, 15) is 9.59 Å². The van der Waals surface area contributed by atoms with Crippen molar-refractivity contribution in [1.82, 2.24) is 10.3 Å². The van der Waals surface area contributed by atoms with Crippen molar-refractivity contribution >= 4 is 17.5 Å². The zero-order chi connectivity index (χ0) is 18.2. The van der Waals surface area contributed by atoms with E-state index in [-0.39, 0.29) is 17.5 Å². The molecule has 0 saturated heterocycles. The quantitative estimate of drug-likeness (QED) is 0.759. The molecule has 0 aliphatic carbocycles. The monoisotopic (exact) mass is 341 g/mol. The van der Waals surface area contributed by atoms with E-state index in [1.54, 1.807) is 13.2 Å². The van der Waals surface area contributed by atoms with E-state index in [0.29, 0.717) is 24.4 Å². The number of carbonyl (C=O) groups excluding carboxylic acids is 2. The SMILES string of the molecule is COCCCNC(=O)c1ccnc(C(=O)Nc2ccc(C)c(C)c2)c1. The van der Waals surface area contributed by atoms with Gasteiger partial charge in [-0.3, -0.25) is 14.6 Å². The number of hydrogen-bond acceptors (Lipinski definition) is 4. The summed E-state index contributed by atoms with van der Waals surface area (Å²) < 4.78 is 4.94. The van der Waals surface area contributed by atoms with Gasteiger partial charge in [-0.25, -0.2) is 0 Å². The molecule has 2 amide bonds. The van der Waals surface area contributed by atoms with Gasteiger partial charge in [0.2, 0.25) is 0 Å². The lowest BCUT2D eigenvalue weighted by atomic mass is 10.1. The Morgan fingerprint density at radius 2 is 1.88 bits per heavy atom. The topological polar surface area (TPSA) is 80.3 Å². The molecule has 0 aliphatic heterocycles. The van der Waals surface area contributed by atoms with Gasteiger partial charge in [-0.05, 0) is 55.7 Å². The average Bonchev–Trinajstić information content (AvgIpc) is 2.62. The van der Waals surface area contributed by atoms with Crippen LogP contribution in [0.3, 0.4) is 0 Å². The molecule has 1 aromatic carbocycles. The number of benzene rings is 1. The molecule has 2 rings (SSSR count). The summed E-state index contributed by atoms with van der Waals surface area (Å²) in [7, 11) is 1.62. The predicted molar refractivity (Wildman–Crippen MR) is 96.9 cm³/mol. The Hall–Kier alpha value is -2.73. The first-order valence-corrected chi connectivity index (χ1v) is 8.13. The zero-order valence-corrected chi connectivity index (χ0v) is 14.8. The molecule has 1 heterocycles. The fourth-order valence-electron chi connectivity index (χ4n) is 2.23. The highest BCUT2D eigenvalue weighted by Gasteiger charge is 2.12. The van der Waals surface area contributed by atoms with E-state index in [2.05, 4.69) is 15.6 Å². The molecule has 0 radical (unpaired) electrons. The number of methoxy groups -OCH3 is 1. The highest BCUT2D eigenvalue weighted by atomic mass is 16.5. The minimum Gasteiger partial charge on any atom is -0.385 e. The lowest BCUT2D eigenvalue weighted by Crippen LogP contribution is -2.25. The maximum Gasteiger partial charge on any atom is 0.274 e. The second-order valence-electron chi connectivity index (χ2n) is 5.79. The normalized spacial score (nSPS) is 10.4. The molecule has 132 valence electrons. The molecule has 0 saturated carbocycles. The maximum absolute atomic E-state index is 12.4. The first-order valence-electron chi connectivity index (χ1n) is 8.13. The molecule has 6 nitrogen and oxygen atoms in total. The van der Waals surface area contributed by atoms with Crippen LogP contribution < -0.4 is 10.6 Å². The number of amides is 2. The van der Waals surface area contributed by atoms with E-state index < -0.39 is 0 Å². The van der Waals surface area contributed by atoms with Gasteiger partial charge >= 0.3 is 0 Å². The van der Waals surface area contributed by atoms with Crippen LogP contribution in [0.4, 0.5) is 5.69 Å². The van der Waals surface area contributed by atoms with Crippen LogP contribution in [0.2, 0.25) is 0 Å². The van der Waals surface area contributed by atoms with Gasteiger partial charge < -0.3 is 15.4 Å². The fourth-order valence-corrected chi connectivity index (χ4v) is 2.23. The van der Waals surface area contributed by atoms with E-state index in [1.807, 2.05) is 32.0 Å². The minimum atomic E-state index is -0.350. The Morgan fingerprint density at radius 3 is 2.60 bits per heavy atom. The van der Waals surface area contributed by atoms with Gasteiger partial charge in [0.05, 0.1) is 0 Å². The van der Waals surface area contributed by atoms with Crippen LogP contribution in [-0.2, 0) is 4.74 Å². The van der Waals surface area contributed by atoms with Gasteiger partial charge in [0.1, 0.15) is 5.69 Å². The molecular weight excluding hydrogens is 318 g/mol. The summed E-state index contributed by atoms with van der Waals surface area (Å²) in [6, 6.07) is 8.76. The Balaban J connectivity index is 2.03. The van der Waals surface area contributed by atoms with E-state index in [0.717, 1.165) is 17.5 Å². The number of ether oxygens (including phenoxy) is 1. The molecule has 2 aromatic rings. The molecule has 2 N–H and O–H groups in total. The van der Waals surface area contributed by atoms with Crippen molar-refractivity contribution in [1.29, 1.82) is 0 Å². The summed E-state index contributed by atoms with van der Waals surface area (Å²) in [5, 5.41) is 5.59. The van der Waals surface area contributed by atoms with E-state index in [1.165, 1.54) is 12.3 Å². The van der Waals surface area contributed by atoms with Crippen molar-refractivity contribution in [3.63, 3.8) is 0 Å². The van der Waals surface area contributed by atoms with Crippen LogP contribution in [0.1, 0.15) is 38.4 Å². The third-order valence-corrected chi connectivity index (χ3v) is 3.83. The predicted octanol–water partition coefficient (Wildman–Crippen LogP) is 2.72. The maximum atomic E-state index is 12.4. The van der Waals surface area contributed by atoms with Crippen LogP contribution in [-0.4, -0.2) is 37.1 Å². The number of nitrogens with one attached hydrogen (secondary N) is 2. The van der Waals surface area contributed by atoms with Gasteiger partial charge in [-0.2, -0.15) is 0 Å². The molecule has 0 aliphatic rings. The number of aromatic nitrogens is 1. The Bertz CT molecular complexity index is 759. The van der Waals surface area contributed by atoms with Crippen LogP contribution in [0.5, 0.6) is 0 Å². The Kier molecular flexibility index (Phi) is 6.65. The van der Waals surface area contributed by atoms with Gasteiger partial charge in [0.25, 0.3) is 11.8 Å². The van der Waals surface area contributed by atoms with E-state index >= 15 is 0 Å². The standard InChI is InChI=1S/C19H23N3O3/c1-13-5-6-16(11-14(13)2)22-19(24)17-12-15(7-9-20-17)18(23)21-8-4-10-25-3/h5-7,9,11-12H,4,8,10H2,1-3H3,(H,21,23)(H,22,24). The lowest BCUT2D eigenvalue weighted by Gasteiger charge is -2.09. The van der Waals surface area contributed by atoms with Crippen LogP contribution in [0.25, 0.3) is 0 Å². The number of pyridine rings is 1. The smallest absolute Gasteiger partial charge is 0.274 e. The molecule has 25 heavy (non-hydrogen) atoms. The summed E-state index contributed by atoms with van der Waals surface area (Å²) in [6.45, 7) is 5.09. The Morgan fingerprint density at radius 1 is 1.08 bits per heavy atom. The third-order valence-electron chi connectivity index (χ3n) is 3.83. The van der Waals surface area contributed by atoms with Gasteiger partial charge in [0, 0.05) is 37.7 Å². The number of hydrogen-bond donors (Lipinski definition) is 2. The summed E-state index contributed by atoms with van der Waals surface area (Å²) in [5.74, 6) is -0.587. The highest BCUT2D eigenvalue weighted by molar-refractivity contribution is 6.04. The molecule has 0 atom stereocenters. The summed E-state index contributed by atoms with van der Waals surface area (Å²) in [6.07, 6.45) is 2.19. The fraction of sp³-hybridized carbons (Fsp3) is 0.316. The number of aryl methyl sites for hydroxylation is 2. The zero-order valence-electron chi connectivity index (χ0n) is 14.8. The number of nitrogens with zero attached hydrogens (tertiary/aromatic N) is 1. The molecule has 0 bridgehead atoms. The number of carbonyl (C=O) groups is 2. The van der Waals surface area contributed by atoms with Crippen molar-refractivity contribution < 1.29 is 14.3 Å². The first-order chi connectivity index (χ1) is 12.0. The van der Waals surface area contributed by atoms with E-state index in [4.69, 9.17) is 4.74 Å². The molecule has 1 aromatic heterocycles. The molecule has 6 heteroatoms. The van der Waals surface area contributed by atoms with Gasteiger partial charge in [0.15, 0.2) is 0 Å². The highest BCUT2D eigenvalue weighted by Crippen LogP contribution is 2.15. The number of anilines is 1. The molecule has 0 unspecified atom stereocenters. The molecular formula is C19H23N3O3. The molecule has 0 fully saturated rings. The summed E-state index contributed by atoms with van der Waals surface area (Å²) >= 11 is 0. The summed E-state index contributed by atoms with van der Waals surface area (Å²) in [4.78, 5) is 28.5. The van der Waals surface area contributed by atoms with Gasteiger partial charge in [-0.15, -0.1) is 0 Å². The van der Waals surface area contributed by atoms with Crippen molar-refractivity contribution in [2.75, 3.05) is 25.6 Å². The van der Waals surface area contributed by atoms with Crippen molar-refractivity contribution in [3.05, 3.63) is 58.9 Å². The lowest BCUT2D eigenvalue weighted by molar-refractivity contribution is 0.0948. The van der Waals surface area contributed by atoms with Crippen LogP contribution in [0, 0.1) is 13.8 Å². The van der Waals surface area contributed by atoms with Crippen molar-refractivity contribution in [2.24, 2.45) is 0 Å². The van der Waals surface area contributed by atoms with Gasteiger partial charge in [-0.1, -0.05) is 6.07 Å². The first kappa shape index (κ1) is 18.6. The summed E-state index contributed by atoms with van der Waals surface area (Å²) in [5.41, 5.74) is 3.54. The third kappa shape index (κ3) is 5.39.